The molecule has 2 rings (SSSR count). The summed E-state index contributed by atoms with van der Waals surface area (Å²) in [6.07, 6.45) is 3.12. The normalized spacial score (nSPS) is 10.8. The number of hydrogen-bond acceptors (Lipinski definition) is 1. The maximum absolute atomic E-state index is 11.8. The molecule has 5 heteroatoms. The van der Waals surface area contributed by atoms with Crippen LogP contribution in [-0.2, 0) is 4.79 Å². The molecule has 0 fully saturated rings. The van der Waals surface area contributed by atoms with Gasteiger partial charge in [-0.2, -0.15) is 0 Å². The summed E-state index contributed by atoms with van der Waals surface area (Å²) in [4.78, 5) is 11.8. The number of hydrogen-bond donors (Lipinski definition) is 1. The van der Waals surface area contributed by atoms with Gasteiger partial charge in [-0.3, -0.25) is 4.79 Å². The van der Waals surface area contributed by atoms with Crippen LogP contribution in [0.1, 0.15) is 5.56 Å². The van der Waals surface area contributed by atoms with Crippen LogP contribution in [0.15, 0.2) is 53.0 Å². The SMILES string of the molecule is O=C(C=Cc1ccc(Cl)c(Cl)c1)Nc1ccc(Br)cc1. The summed E-state index contributed by atoms with van der Waals surface area (Å²) in [5.74, 6) is -0.210. The van der Waals surface area contributed by atoms with E-state index in [0.717, 1.165) is 15.7 Å². The second kappa shape index (κ2) is 6.93. The van der Waals surface area contributed by atoms with Gasteiger partial charge in [0.05, 0.1) is 10.0 Å². The first kappa shape index (κ1) is 15.1. The summed E-state index contributed by atoms with van der Waals surface area (Å²) < 4.78 is 0.960. The molecule has 2 nitrogen and oxygen atoms in total. The minimum absolute atomic E-state index is 0.210. The summed E-state index contributed by atoms with van der Waals surface area (Å²) in [7, 11) is 0. The first-order valence-corrected chi connectivity index (χ1v) is 7.29. The van der Waals surface area contributed by atoms with Crippen molar-refractivity contribution in [3.05, 3.63) is 68.6 Å². The zero-order valence-electron chi connectivity index (χ0n) is 10.2. The second-order valence-electron chi connectivity index (χ2n) is 4.00. The number of carbonyl (C=O) groups is 1. The molecule has 0 aliphatic heterocycles. The van der Waals surface area contributed by atoms with Gasteiger partial charge in [0.15, 0.2) is 0 Å². The molecule has 0 radical (unpaired) electrons. The molecule has 0 saturated carbocycles. The molecule has 1 N–H and O–H groups in total. The van der Waals surface area contributed by atoms with E-state index in [-0.39, 0.29) is 5.91 Å². The number of anilines is 1. The van der Waals surface area contributed by atoms with E-state index in [0.29, 0.717) is 10.0 Å². The molecule has 0 bridgehead atoms. The Hall–Kier alpha value is -1.29. The molecular formula is C15H10BrCl2NO. The van der Waals surface area contributed by atoms with Gasteiger partial charge in [-0.25, -0.2) is 0 Å². The standard InChI is InChI=1S/C15H10BrCl2NO/c16-11-3-5-12(6-4-11)19-15(20)8-2-10-1-7-13(17)14(18)9-10/h1-9H,(H,19,20). The minimum Gasteiger partial charge on any atom is -0.323 e. The number of rotatable bonds is 3. The lowest BCUT2D eigenvalue weighted by Gasteiger charge is -2.02. The Morgan fingerprint density at radius 1 is 1.05 bits per heavy atom. The van der Waals surface area contributed by atoms with Gasteiger partial charge in [-0.15, -0.1) is 0 Å². The quantitative estimate of drug-likeness (QED) is 0.719. The highest BCUT2D eigenvalue weighted by molar-refractivity contribution is 9.10. The molecule has 2 aromatic carbocycles. The van der Waals surface area contributed by atoms with Crippen LogP contribution in [0, 0.1) is 0 Å². The molecule has 0 aliphatic rings. The molecule has 0 aliphatic carbocycles. The van der Waals surface area contributed by atoms with Crippen LogP contribution in [-0.4, -0.2) is 5.91 Å². The Morgan fingerprint density at radius 3 is 2.40 bits per heavy atom. The summed E-state index contributed by atoms with van der Waals surface area (Å²) in [6.45, 7) is 0. The first-order chi connectivity index (χ1) is 9.54. The molecule has 0 saturated heterocycles. The van der Waals surface area contributed by atoms with Gasteiger partial charge in [0.2, 0.25) is 5.91 Å². The van der Waals surface area contributed by atoms with Crippen molar-refractivity contribution >= 4 is 56.8 Å². The van der Waals surface area contributed by atoms with Crippen LogP contribution in [0.25, 0.3) is 6.08 Å². The monoisotopic (exact) mass is 369 g/mol. The third-order valence-electron chi connectivity index (χ3n) is 2.48. The fraction of sp³-hybridized carbons (Fsp3) is 0. The fourth-order valence-corrected chi connectivity index (χ4v) is 2.08. The zero-order valence-corrected chi connectivity index (χ0v) is 13.3. The van der Waals surface area contributed by atoms with E-state index in [1.165, 1.54) is 6.08 Å². The van der Waals surface area contributed by atoms with E-state index < -0.39 is 0 Å². The van der Waals surface area contributed by atoms with Gasteiger partial charge in [0.25, 0.3) is 0 Å². The molecule has 0 heterocycles. The highest BCUT2D eigenvalue weighted by Crippen LogP contribution is 2.23. The van der Waals surface area contributed by atoms with Gasteiger partial charge in [0.1, 0.15) is 0 Å². The van der Waals surface area contributed by atoms with Crippen LogP contribution < -0.4 is 5.32 Å². The molecule has 0 spiro atoms. The second-order valence-corrected chi connectivity index (χ2v) is 5.73. The van der Waals surface area contributed by atoms with Crippen molar-refractivity contribution in [2.75, 3.05) is 5.32 Å². The molecule has 0 unspecified atom stereocenters. The molecular weight excluding hydrogens is 361 g/mol. The van der Waals surface area contributed by atoms with E-state index in [4.69, 9.17) is 23.2 Å². The Balaban J connectivity index is 2.01. The van der Waals surface area contributed by atoms with Crippen LogP contribution in [0.2, 0.25) is 10.0 Å². The predicted molar refractivity (Wildman–Crippen MR) is 88.3 cm³/mol. The van der Waals surface area contributed by atoms with Crippen LogP contribution in [0.3, 0.4) is 0 Å². The van der Waals surface area contributed by atoms with Gasteiger partial charge >= 0.3 is 0 Å². The van der Waals surface area contributed by atoms with Crippen molar-refractivity contribution in [2.45, 2.75) is 0 Å². The number of benzene rings is 2. The van der Waals surface area contributed by atoms with Gasteiger partial charge in [-0.1, -0.05) is 45.2 Å². The van der Waals surface area contributed by atoms with Gasteiger partial charge < -0.3 is 5.32 Å². The summed E-state index contributed by atoms with van der Waals surface area (Å²) in [5.41, 5.74) is 1.54. The summed E-state index contributed by atoms with van der Waals surface area (Å²) in [6, 6.07) is 12.5. The van der Waals surface area contributed by atoms with Crippen molar-refractivity contribution in [1.82, 2.24) is 0 Å². The Bertz CT molecular complexity index is 653. The lowest BCUT2D eigenvalue weighted by Crippen LogP contribution is -2.07. The minimum atomic E-state index is -0.210. The Morgan fingerprint density at radius 2 is 1.75 bits per heavy atom. The Kier molecular flexibility index (Phi) is 5.24. The van der Waals surface area contributed by atoms with Crippen molar-refractivity contribution in [3.63, 3.8) is 0 Å². The molecule has 1 amide bonds. The van der Waals surface area contributed by atoms with Crippen molar-refractivity contribution in [1.29, 1.82) is 0 Å². The van der Waals surface area contributed by atoms with E-state index in [1.807, 2.05) is 24.3 Å². The molecule has 20 heavy (non-hydrogen) atoms. The van der Waals surface area contributed by atoms with E-state index in [1.54, 1.807) is 24.3 Å². The van der Waals surface area contributed by atoms with Crippen LogP contribution in [0.5, 0.6) is 0 Å². The average molecular weight is 371 g/mol. The van der Waals surface area contributed by atoms with E-state index in [9.17, 15) is 4.79 Å². The molecule has 102 valence electrons. The van der Waals surface area contributed by atoms with Crippen molar-refractivity contribution < 1.29 is 4.79 Å². The summed E-state index contributed by atoms with van der Waals surface area (Å²) >= 11 is 15.1. The maximum atomic E-state index is 11.8. The average Bonchev–Trinajstić information content (AvgIpc) is 2.43. The number of nitrogens with one attached hydrogen (secondary N) is 1. The Labute approximate surface area is 135 Å². The molecule has 0 aromatic heterocycles. The van der Waals surface area contributed by atoms with Crippen LogP contribution in [0.4, 0.5) is 5.69 Å². The number of carbonyl (C=O) groups excluding carboxylic acids is 1. The maximum Gasteiger partial charge on any atom is 0.248 e. The van der Waals surface area contributed by atoms with Crippen molar-refractivity contribution in [2.24, 2.45) is 0 Å². The van der Waals surface area contributed by atoms with E-state index in [2.05, 4.69) is 21.2 Å². The highest BCUT2D eigenvalue weighted by Gasteiger charge is 1.99. The molecule has 2 aromatic rings. The predicted octanol–water partition coefficient (Wildman–Crippen LogP) is 5.41. The van der Waals surface area contributed by atoms with Crippen LogP contribution >= 0.6 is 39.1 Å². The van der Waals surface area contributed by atoms with E-state index >= 15 is 0 Å². The number of halogens is 3. The molecule has 0 atom stereocenters. The lowest BCUT2D eigenvalue weighted by atomic mass is 10.2. The largest absolute Gasteiger partial charge is 0.323 e. The van der Waals surface area contributed by atoms with Gasteiger partial charge in [-0.05, 0) is 48.0 Å². The van der Waals surface area contributed by atoms with Gasteiger partial charge in [0, 0.05) is 16.2 Å². The topological polar surface area (TPSA) is 29.1 Å². The third kappa shape index (κ3) is 4.37. The fourth-order valence-electron chi connectivity index (χ4n) is 1.51. The smallest absolute Gasteiger partial charge is 0.248 e. The highest BCUT2D eigenvalue weighted by atomic mass is 79.9. The first-order valence-electron chi connectivity index (χ1n) is 5.74. The number of amides is 1. The summed E-state index contributed by atoms with van der Waals surface area (Å²) in [5, 5.41) is 3.71. The third-order valence-corrected chi connectivity index (χ3v) is 3.75. The zero-order chi connectivity index (χ0) is 14.5. The van der Waals surface area contributed by atoms with Crippen molar-refractivity contribution in [3.8, 4) is 0 Å². The lowest BCUT2D eigenvalue weighted by molar-refractivity contribution is -0.111.